The molecule has 0 bridgehead atoms. The summed E-state index contributed by atoms with van der Waals surface area (Å²) in [7, 11) is -0.659. The van der Waals surface area contributed by atoms with Gasteiger partial charge in [0.25, 0.3) is 9.03 Å². The van der Waals surface area contributed by atoms with Crippen molar-refractivity contribution in [3.05, 3.63) is 0 Å². The molecule has 2 N–H and O–H groups in total. The lowest BCUT2D eigenvalue weighted by atomic mass is 10.1. The molecule has 0 saturated carbocycles. The van der Waals surface area contributed by atoms with Crippen molar-refractivity contribution in [1.82, 2.24) is 10.6 Å². The van der Waals surface area contributed by atoms with E-state index in [-0.39, 0.29) is 11.1 Å². The van der Waals surface area contributed by atoms with Crippen LogP contribution in [0.5, 0.6) is 0 Å². The van der Waals surface area contributed by atoms with Crippen LogP contribution in [0.4, 0.5) is 9.59 Å². The predicted octanol–water partition coefficient (Wildman–Crippen LogP) is 2.54. The summed E-state index contributed by atoms with van der Waals surface area (Å²) >= 11 is 0. The molecule has 2 amide bonds. The van der Waals surface area contributed by atoms with E-state index in [9.17, 15) is 9.59 Å². The molecule has 0 aromatic rings. The summed E-state index contributed by atoms with van der Waals surface area (Å²) in [5.41, 5.74) is -0.759. The molecule has 6 nitrogen and oxygen atoms in total. The molecule has 0 aliphatic carbocycles. The number of carbonyl (C=O) groups is 2. The number of nitrogens with one attached hydrogen (secondary N) is 2. The van der Waals surface area contributed by atoms with Crippen molar-refractivity contribution in [1.29, 1.82) is 0 Å². The van der Waals surface area contributed by atoms with Gasteiger partial charge >= 0.3 is 12.2 Å². The largest absolute Gasteiger partial charge is 0.412 e. The summed E-state index contributed by atoms with van der Waals surface area (Å²) in [6.07, 6.45) is -1.22. The smallest absolute Gasteiger partial charge is 0.392 e. The van der Waals surface area contributed by atoms with Crippen molar-refractivity contribution in [2.75, 3.05) is 0 Å². The normalized spacial score (nSPS) is 11.6. The highest BCUT2D eigenvalue weighted by molar-refractivity contribution is 7.27. The quantitative estimate of drug-likeness (QED) is 0.751. The Labute approximate surface area is 104 Å². The maximum atomic E-state index is 11.2. The average molecular weight is 264 g/mol. The second-order valence-electron chi connectivity index (χ2n) is 5.61. The molecule has 0 spiro atoms. The SMILES string of the molecule is CC(C)(C)NC(=O)OPOC(=O)NC(C)(C)C. The topological polar surface area (TPSA) is 76.7 Å². The second kappa shape index (κ2) is 6.05. The minimum atomic E-state index is -0.659. The van der Waals surface area contributed by atoms with Gasteiger partial charge in [0.15, 0.2) is 0 Å². The highest BCUT2D eigenvalue weighted by Gasteiger charge is 2.17. The first-order valence-electron chi connectivity index (χ1n) is 5.22. The summed E-state index contributed by atoms with van der Waals surface area (Å²) in [5, 5.41) is 5.15. The van der Waals surface area contributed by atoms with E-state index in [1.165, 1.54) is 0 Å². The van der Waals surface area contributed by atoms with E-state index in [2.05, 4.69) is 10.6 Å². The predicted molar refractivity (Wildman–Crippen MR) is 67.1 cm³/mol. The Kier molecular flexibility index (Phi) is 5.69. The lowest BCUT2D eigenvalue weighted by Crippen LogP contribution is -2.41. The molecule has 17 heavy (non-hydrogen) atoms. The van der Waals surface area contributed by atoms with Gasteiger partial charge in [-0.25, -0.2) is 9.59 Å². The first-order chi connectivity index (χ1) is 7.49. The Morgan fingerprint density at radius 2 is 1.12 bits per heavy atom. The highest BCUT2D eigenvalue weighted by atomic mass is 31.1. The standard InChI is InChI=1S/C10H21N2O4P/c1-9(2,3)11-7(13)15-17-16-8(14)12-10(4,5)6/h17H,1-6H3,(H,11,13)(H,12,14). The van der Waals surface area contributed by atoms with Crippen LogP contribution in [-0.4, -0.2) is 23.3 Å². The average Bonchev–Trinajstić information content (AvgIpc) is 1.95. The Hall–Kier alpha value is -1.03. The third-order valence-electron chi connectivity index (χ3n) is 1.22. The molecule has 0 unspecified atom stereocenters. The van der Waals surface area contributed by atoms with Crippen molar-refractivity contribution in [3.8, 4) is 0 Å². The van der Waals surface area contributed by atoms with Crippen molar-refractivity contribution < 1.29 is 18.6 Å². The molecule has 0 radical (unpaired) electrons. The number of amides is 2. The van der Waals surface area contributed by atoms with Crippen LogP contribution in [0.2, 0.25) is 0 Å². The van der Waals surface area contributed by atoms with Crippen molar-refractivity contribution in [3.63, 3.8) is 0 Å². The monoisotopic (exact) mass is 264 g/mol. The Bertz CT molecular complexity index is 253. The molecule has 0 aliphatic rings. The van der Waals surface area contributed by atoms with E-state index < -0.39 is 21.2 Å². The Balaban J connectivity index is 3.78. The minimum Gasteiger partial charge on any atom is -0.392 e. The molecule has 0 atom stereocenters. The summed E-state index contributed by atoms with van der Waals surface area (Å²) < 4.78 is 9.40. The van der Waals surface area contributed by atoms with Crippen LogP contribution in [0.25, 0.3) is 0 Å². The zero-order valence-corrected chi connectivity index (χ0v) is 12.1. The van der Waals surface area contributed by atoms with Crippen LogP contribution < -0.4 is 10.6 Å². The highest BCUT2D eigenvalue weighted by Crippen LogP contribution is 2.15. The second-order valence-corrected chi connectivity index (χ2v) is 6.19. The molecule has 0 rings (SSSR count). The summed E-state index contributed by atoms with van der Waals surface area (Å²) in [6.45, 7) is 10.9. The van der Waals surface area contributed by atoms with Gasteiger partial charge in [-0.05, 0) is 41.5 Å². The summed E-state index contributed by atoms with van der Waals surface area (Å²) in [6, 6.07) is 0. The van der Waals surface area contributed by atoms with Gasteiger partial charge in [-0.2, -0.15) is 0 Å². The molecule has 0 aromatic carbocycles. The Morgan fingerprint density at radius 3 is 1.35 bits per heavy atom. The zero-order valence-electron chi connectivity index (χ0n) is 11.1. The van der Waals surface area contributed by atoms with E-state index >= 15 is 0 Å². The van der Waals surface area contributed by atoms with Crippen molar-refractivity contribution in [2.24, 2.45) is 0 Å². The zero-order chi connectivity index (χ0) is 13.7. The van der Waals surface area contributed by atoms with E-state index in [1.807, 2.05) is 41.5 Å². The van der Waals surface area contributed by atoms with Gasteiger partial charge in [-0.3, -0.25) is 0 Å². The van der Waals surface area contributed by atoms with Crippen molar-refractivity contribution in [2.45, 2.75) is 52.6 Å². The van der Waals surface area contributed by atoms with Gasteiger partial charge in [0.05, 0.1) is 0 Å². The molecular weight excluding hydrogens is 243 g/mol. The number of hydrogen-bond donors (Lipinski definition) is 2. The number of hydrogen-bond acceptors (Lipinski definition) is 4. The van der Waals surface area contributed by atoms with E-state index in [4.69, 9.17) is 9.05 Å². The fourth-order valence-electron chi connectivity index (χ4n) is 0.760. The van der Waals surface area contributed by atoms with Gasteiger partial charge in [-0.1, -0.05) is 0 Å². The summed E-state index contributed by atoms with van der Waals surface area (Å²) in [5.74, 6) is 0. The van der Waals surface area contributed by atoms with Gasteiger partial charge < -0.3 is 19.7 Å². The van der Waals surface area contributed by atoms with Gasteiger partial charge in [0.1, 0.15) is 0 Å². The Morgan fingerprint density at radius 1 is 0.824 bits per heavy atom. The van der Waals surface area contributed by atoms with Gasteiger partial charge in [0.2, 0.25) is 0 Å². The molecule has 100 valence electrons. The van der Waals surface area contributed by atoms with Gasteiger partial charge in [-0.15, -0.1) is 0 Å². The first-order valence-corrected chi connectivity index (χ1v) is 6.04. The lowest BCUT2D eigenvalue weighted by molar-refractivity contribution is 0.180. The van der Waals surface area contributed by atoms with Crippen molar-refractivity contribution >= 4 is 21.2 Å². The third-order valence-corrected chi connectivity index (χ3v) is 1.76. The number of rotatable bonds is 2. The van der Waals surface area contributed by atoms with E-state index in [0.29, 0.717) is 0 Å². The maximum Gasteiger partial charge on any atom is 0.412 e. The van der Waals surface area contributed by atoms with Crippen LogP contribution in [0.15, 0.2) is 0 Å². The van der Waals surface area contributed by atoms with E-state index in [0.717, 1.165) is 0 Å². The van der Waals surface area contributed by atoms with Crippen LogP contribution in [-0.2, 0) is 9.05 Å². The molecule has 0 saturated heterocycles. The molecule has 0 aromatic heterocycles. The number of carbonyl (C=O) groups excluding carboxylic acids is 2. The first kappa shape index (κ1) is 16.0. The van der Waals surface area contributed by atoms with Crippen LogP contribution >= 0.6 is 9.03 Å². The van der Waals surface area contributed by atoms with Crippen LogP contribution in [0.1, 0.15) is 41.5 Å². The molecular formula is C10H21N2O4P. The summed E-state index contributed by atoms with van der Waals surface area (Å²) in [4.78, 5) is 22.4. The fraction of sp³-hybridized carbons (Fsp3) is 0.800. The van der Waals surface area contributed by atoms with Gasteiger partial charge in [0, 0.05) is 11.1 Å². The van der Waals surface area contributed by atoms with E-state index in [1.54, 1.807) is 0 Å². The fourth-order valence-corrected chi connectivity index (χ4v) is 1.06. The minimum absolute atomic E-state index is 0.380. The molecule has 7 heteroatoms. The van der Waals surface area contributed by atoms with Crippen LogP contribution in [0, 0.1) is 0 Å². The lowest BCUT2D eigenvalue weighted by Gasteiger charge is -2.21. The maximum absolute atomic E-state index is 11.2. The van der Waals surface area contributed by atoms with Crippen LogP contribution in [0.3, 0.4) is 0 Å². The molecule has 0 aliphatic heterocycles. The molecule has 0 heterocycles. The third kappa shape index (κ3) is 11.2. The molecule has 0 fully saturated rings.